The Morgan fingerprint density at radius 1 is 0.972 bits per heavy atom. The Bertz CT molecular complexity index is 1100. The number of ether oxygens (including phenoxy) is 1. The van der Waals surface area contributed by atoms with Crippen LogP contribution in [0.2, 0.25) is 0 Å². The molecule has 0 fully saturated rings. The fourth-order valence-corrected chi connectivity index (χ4v) is 4.41. The van der Waals surface area contributed by atoms with Crippen LogP contribution in [0.25, 0.3) is 10.9 Å². The molecule has 0 atom stereocenters. The van der Waals surface area contributed by atoms with Gasteiger partial charge >= 0.3 is 0 Å². The number of hydrogen-bond donors (Lipinski definition) is 1. The van der Waals surface area contributed by atoms with Crippen molar-refractivity contribution in [3.05, 3.63) is 65.9 Å². The third kappa shape index (κ3) is 7.87. The first-order chi connectivity index (χ1) is 17.4. The molecule has 0 radical (unpaired) electrons. The first-order valence-corrected chi connectivity index (χ1v) is 13.2. The molecule has 0 saturated heterocycles. The number of carbonyl (C=O) groups is 2. The monoisotopic (exact) mass is 491 g/mol. The second-order valence-corrected chi connectivity index (χ2v) is 9.77. The maximum absolute atomic E-state index is 13.6. The molecule has 0 bridgehead atoms. The lowest BCUT2D eigenvalue weighted by atomic mass is 10.1. The Balaban J connectivity index is 1.77. The molecule has 2 aromatic carbocycles. The van der Waals surface area contributed by atoms with Gasteiger partial charge in [0.1, 0.15) is 5.75 Å². The number of nitrogens with zero attached hydrogens (tertiary/aromatic N) is 2. The van der Waals surface area contributed by atoms with E-state index in [-0.39, 0.29) is 18.4 Å². The Morgan fingerprint density at radius 3 is 2.42 bits per heavy atom. The lowest BCUT2D eigenvalue weighted by Crippen LogP contribution is -2.44. The van der Waals surface area contributed by atoms with E-state index < -0.39 is 0 Å². The Morgan fingerprint density at radius 2 is 1.72 bits per heavy atom. The van der Waals surface area contributed by atoms with Gasteiger partial charge in [-0.05, 0) is 55.0 Å². The third-order valence-corrected chi connectivity index (χ3v) is 6.30. The molecular formula is C30H41N3O3. The number of fused-ring (bicyclic) bond motifs is 1. The summed E-state index contributed by atoms with van der Waals surface area (Å²) in [5, 5.41) is 1.18. The average Bonchev–Trinajstić information content (AvgIpc) is 3.28. The van der Waals surface area contributed by atoms with Gasteiger partial charge in [-0.1, -0.05) is 57.5 Å². The van der Waals surface area contributed by atoms with E-state index in [0.717, 1.165) is 36.1 Å². The van der Waals surface area contributed by atoms with Crippen LogP contribution < -0.4 is 4.74 Å². The minimum absolute atomic E-state index is 0.0192. The van der Waals surface area contributed by atoms with E-state index in [4.69, 9.17) is 4.74 Å². The van der Waals surface area contributed by atoms with Crippen molar-refractivity contribution in [2.45, 2.75) is 59.9 Å². The second-order valence-electron chi connectivity index (χ2n) is 9.77. The quantitative estimate of drug-likeness (QED) is 0.309. The maximum Gasteiger partial charge on any atom is 0.242 e. The largest absolute Gasteiger partial charge is 0.494 e. The number of benzene rings is 2. The highest BCUT2D eigenvalue weighted by Crippen LogP contribution is 2.20. The van der Waals surface area contributed by atoms with Crippen molar-refractivity contribution in [2.75, 3.05) is 26.2 Å². The first-order valence-electron chi connectivity index (χ1n) is 13.2. The van der Waals surface area contributed by atoms with Crippen molar-refractivity contribution >= 4 is 22.7 Å². The van der Waals surface area contributed by atoms with E-state index in [1.165, 1.54) is 10.9 Å². The highest BCUT2D eigenvalue weighted by molar-refractivity contribution is 5.85. The fourth-order valence-electron chi connectivity index (χ4n) is 4.41. The molecule has 194 valence electrons. The van der Waals surface area contributed by atoms with Crippen molar-refractivity contribution < 1.29 is 14.3 Å². The Kier molecular flexibility index (Phi) is 10.4. The molecule has 6 nitrogen and oxygen atoms in total. The van der Waals surface area contributed by atoms with Gasteiger partial charge in [-0.15, -0.1) is 0 Å². The molecule has 2 amide bonds. The topological polar surface area (TPSA) is 65.6 Å². The van der Waals surface area contributed by atoms with Gasteiger partial charge in [-0.2, -0.15) is 0 Å². The van der Waals surface area contributed by atoms with Crippen LogP contribution >= 0.6 is 0 Å². The number of unbranched alkanes of at least 4 members (excludes halogenated alkanes) is 1. The van der Waals surface area contributed by atoms with Gasteiger partial charge in [0.2, 0.25) is 11.8 Å². The van der Waals surface area contributed by atoms with Crippen molar-refractivity contribution in [3.8, 4) is 5.75 Å². The first kappa shape index (κ1) is 27.3. The molecule has 1 N–H and O–H groups in total. The lowest BCUT2D eigenvalue weighted by molar-refractivity contribution is -0.141. The molecular weight excluding hydrogens is 450 g/mol. The third-order valence-electron chi connectivity index (χ3n) is 6.30. The minimum atomic E-state index is -0.0192. The van der Waals surface area contributed by atoms with Crippen LogP contribution in [0, 0.1) is 5.92 Å². The molecule has 0 aliphatic carbocycles. The van der Waals surface area contributed by atoms with Gasteiger partial charge in [0, 0.05) is 43.2 Å². The van der Waals surface area contributed by atoms with Gasteiger partial charge in [-0.3, -0.25) is 9.59 Å². The number of aromatic amines is 1. The van der Waals surface area contributed by atoms with Gasteiger partial charge in [0.25, 0.3) is 0 Å². The van der Waals surface area contributed by atoms with E-state index in [1.54, 1.807) is 4.90 Å². The van der Waals surface area contributed by atoms with E-state index in [0.29, 0.717) is 38.6 Å². The van der Waals surface area contributed by atoms with Gasteiger partial charge in [0.05, 0.1) is 13.2 Å². The summed E-state index contributed by atoms with van der Waals surface area (Å²) in [6.45, 7) is 10.6. The highest BCUT2D eigenvalue weighted by Gasteiger charge is 2.22. The summed E-state index contributed by atoms with van der Waals surface area (Å²) in [5.74, 6) is 1.17. The molecule has 0 aliphatic heterocycles. The second kappa shape index (κ2) is 13.7. The van der Waals surface area contributed by atoms with E-state index in [2.05, 4.69) is 37.9 Å². The van der Waals surface area contributed by atoms with E-state index in [9.17, 15) is 9.59 Å². The van der Waals surface area contributed by atoms with Crippen molar-refractivity contribution in [2.24, 2.45) is 5.92 Å². The predicted octanol–water partition coefficient (Wildman–Crippen LogP) is 5.81. The number of rotatable bonds is 14. The van der Waals surface area contributed by atoms with Crippen molar-refractivity contribution in [1.82, 2.24) is 14.8 Å². The summed E-state index contributed by atoms with van der Waals surface area (Å²) in [4.78, 5) is 33.5. The predicted molar refractivity (Wildman–Crippen MR) is 146 cm³/mol. The number of aromatic nitrogens is 1. The summed E-state index contributed by atoms with van der Waals surface area (Å²) < 4.78 is 5.57. The van der Waals surface area contributed by atoms with Crippen LogP contribution in [0.4, 0.5) is 0 Å². The van der Waals surface area contributed by atoms with Crippen LogP contribution in [-0.4, -0.2) is 52.8 Å². The lowest BCUT2D eigenvalue weighted by Gasteiger charge is -2.29. The van der Waals surface area contributed by atoms with Crippen LogP contribution in [0.5, 0.6) is 5.75 Å². The molecule has 3 aromatic rings. The molecule has 36 heavy (non-hydrogen) atoms. The number of H-pyrrole nitrogens is 1. The normalized spacial score (nSPS) is 11.1. The zero-order valence-corrected chi connectivity index (χ0v) is 22.3. The van der Waals surface area contributed by atoms with Crippen molar-refractivity contribution in [1.29, 1.82) is 0 Å². The fraction of sp³-hybridized carbons (Fsp3) is 0.467. The summed E-state index contributed by atoms with van der Waals surface area (Å²) in [7, 11) is 0. The molecule has 3 rings (SSSR count). The minimum Gasteiger partial charge on any atom is -0.494 e. The van der Waals surface area contributed by atoms with Gasteiger partial charge in [-0.25, -0.2) is 0 Å². The molecule has 1 aromatic heterocycles. The molecule has 0 aliphatic rings. The van der Waals surface area contributed by atoms with E-state index >= 15 is 0 Å². The number of carbonyl (C=O) groups excluding carboxylic acids is 2. The summed E-state index contributed by atoms with van der Waals surface area (Å²) in [6, 6.07) is 16.1. The van der Waals surface area contributed by atoms with E-state index in [1.807, 2.05) is 54.4 Å². The van der Waals surface area contributed by atoms with Gasteiger partial charge < -0.3 is 19.5 Å². The smallest absolute Gasteiger partial charge is 0.242 e. The van der Waals surface area contributed by atoms with Crippen LogP contribution in [-0.2, 0) is 22.6 Å². The number of nitrogens with one attached hydrogen (secondary N) is 1. The maximum atomic E-state index is 13.6. The van der Waals surface area contributed by atoms with Gasteiger partial charge in [0.15, 0.2) is 0 Å². The number of para-hydroxylation sites is 1. The average molecular weight is 492 g/mol. The molecule has 1 heterocycles. The van der Waals surface area contributed by atoms with Crippen LogP contribution in [0.3, 0.4) is 0 Å². The summed E-state index contributed by atoms with van der Waals surface area (Å²) in [6.07, 6.45) is 5.07. The SMILES string of the molecule is CCCCC(=O)N(CC(=O)N(CCc1c[nH]c2ccccc12)Cc1ccc(OCC)cc1)CC(C)C. The molecule has 0 spiro atoms. The zero-order chi connectivity index (χ0) is 25.9. The Labute approximate surface area is 215 Å². The Hall–Kier alpha value is -3.28. The summed E-state index contributed by atoms with van der Waals surface area (Å²) >= 11 is 0. The number of amides is 2. The summed E-state index contributed by atoms with van der Waals surface area (Å²) in [5.41, 5.74) is 3.33. The molecule has 0 unspecified atom stereocenters. The number of hydrogen-bond acceptors (Lipinski definition) is 3. The molecule has 0 saturated carbocycles. The zero-order valence-electron chi connectivity index (χ0n) is 22.3. The van der Waals surface area contributed by atoms with Crippen molar-refractivity contribution in [3.63, 3.8) is 0 Å². The highest BCUT2D eigenvalue weighted by atomic mass is 16.5. The van der Waals surface area contributed by atoms with Crippen LogP contribution in [0.1, 0.15) is 58.1 Å². The standard InChI is InChI=1S/C30H41N3O3/c1-5-7-12-29(34)33(20-23(3)4)22-30(35)32(21-24-13-15-26(16-14-24)36-6-2)18-17-25-19-31-28-11-9-8-10-27(25)28/h8-11,13-16,19,23,31H,5-7,12,17-18,20-22H2,1-4H3. The van der Waals surface area contributed by atoms with Crippen LogP contribution in [0.15, 0.2) is 54.7 Å². The molecule has 6 heteroatoms.